The number of allylic oxidation sites excluding steroid dienone is 1. The summed E-state index contributed by atoms with van der Waals surface area (Å²) in [7, 11) is 0. The van der Waals surface area contributed by atoms with Crippen LogP contribution in [0.3, 0.4) is 0 Å². The maximum atomic E-state index is 10.9. The Kier molecular flexibility index (Phi) is 5.88. The summed E-state index contributed by atoms with van der Waals surface area (Å²) in [6.07, 6.45) is 1.81. The number of rotatable bonds is 6. The van der Waals surface area contributed by atoms with Crippen molar-refractivity contribution in [2.24, 2.45) is 0 Å². The van der Waals surface area contributed by atoms with Crippen LogP contribution in [0.15, 0.2) is 72.8 Å². The third-order valence-corrected chi connectivity index (χ3v) is 4.30. The molecule has 3 rings (SSSR count). The number of para-hydroxylation sites is 1. The second-order valence-electron chi connectivity index (χ2n) is 6.36. The Morgan fingerprint density at radius 2 is 1.64 bits per heavy atom. The standard InChI is InChI=1S/C24H19NO3/c1-17-6-10-19(11-7-17)22(15-25)14-21-4-2-3-5-23(21)28-16-18-8-12-20(13-9-18)24(26)27/h2-14H,16H2,1H3,(H,26,27)/b22-14+. The molecular formula is C24H19NO3. The zero-order chi connectivity index (χ0) is 19.9. The third-order valence-electron chi connectivity index (χ3n) is 4.30. The lowest BCUT2D eigenvalue weighted by molar-refractivity contribution is 0.0697. The topological polar surface area (TPSA) is 70.3 Å². The first-order valence-electron chi connectivity index (χ1n) is 8.80. The normalized spacial score (nSPS) is 10.9. The molecule has 0 saturated carbocycles. The fourth-order valence-corrected chi connectivity index (χ4v) is 2.70. The highest BCUT2D eigenvalue weighted by atomic mass is 16.5. The minimum Gasteiger partial charge on any atom is -0.488 e. The predicted octanol–water partition coefficient (Wildman–Crippen LogP) is 5.34. The van der Waals surface area contributed by atoms with Gasteiger partial charge in [0.1, 0.15) is 12.4 Å². The van der Waals surface area contributed by atoms with E-state index in [9.17, 15) is 10.1 Å². The van der Waals surface area contributed by atoms with Crippen molar-refractivity contribution in [1.82, 2.24) is 0 Å². The number of benzene rings is 3. The summed E-state index contributed by atoms with van der Waals surface area (Å²) in [5.74, 6) is -0.298. The van der Waals surface area contributed by atoms with E-state index >= 15 is 0 Å². The van der Waals surface area contributed by atoms with Gasteiger partial charge in [0, 0.05) is 5.56 Å². The Hall–Kier alpha value is -3.84. The van der Waals surface area contributed by atoms with Crippen molar-refractivity contribution >= 4 is 17.6 Å². The number of aryl methyl sites for hydroxylation is 1. The highest BCUT2D eigenvalue weighted by Gasteiger charge is 2.07. The van der Waals surface area contributed by atoms with Crippen LogP contribution < -0.4 is 4.74 Å². The second kappa shape index (κ2) is 8.70. The fourth-order valence-electron chi connectivity index (χ4n) is 2.70. The molecule has 3 aromatic carbocycles. The van der Waals surface area contributed by atoms with Crippen LogP contribution in [0.25, 0.3) is 11.6 Å². The Morgan fingerprint density at radius 3 is 2.29 bits per heavy atom. The first-order chi connectivity index (χ1) is 13.6. The quantitative estimate of drug-likeness (QED) is 0.470. The molecule has 3 aromatic rings. The lowest BCUT2D eigenvalue weighted by Gasteiger charge is -2.10. The molecule has 0 radical (unpaired) electrons. The number of aromatic carboxylic acids is 1. The zero-order valence-electron chi connectivity index (χ0n) is 15.4. The number of carboxylic acid groups (broad SMARTS) is 1. The van der Waals surface area contributed by atoms with Crippen LogP contribution in [0.5, 0.6) is 5.75 Å². The van der Waals surface area contributed by atoms with Crippen molar-refractivity contribution in [3.63, 3.8) is 0 Å². The van der Waals surface area contributed by atoms with Gasteiger partial charge in [0.15, 0.2) is 0 Å². The van der Waals surface area contributed by atoms with Crippen LogP contribution in [0.1, 0.15) is 32.6 Å². The van der Waals surface area contributed by atoms with E-state index in [1.54, 1.807) is 24.3 Å². The summed E-state index contributed by atoms with van der Waals surface area (Å²) in [5.41, 5.74) is 4.46. The number of hydrogen-bond acceptors (Lipinski definition) is 3. The largest absolute Gasteiger partial charge is 0.488 e. The van der Waals surface area contributed by atoms with Crippen molar-refractivity contribution < 1.29 is 14.6 Å². The molecule has 28 heavy (non-hydrogen) atoms. The summed E-state index contributed by atoms with van der Waals surface area (Å²) in [4.78, 5) is 10.9. The van der Waals surface area contributed by atoms with E-state index in [4.69, 9.17) is 9.84 Å². The van der Waals surface area contributed by atoms with Gasteiger partial charge < -0.3 is 9.84 Å². The Balaban J connectivity index is 1.81. The highest BCUT2D eigenvalue weighted by Crippen LogP contribution is 2.25. The lowest BCUT2D eigenvalue weighted by atomic mass is 10.0. The van der Waals surface area contributed by atoms with Gasteiger partial charge >= 0.3 is 5.97 Å². The number of nitriles is 1. The van der Waals surface area contributed by atoms with Crippen LogP contribution in [0, 0.1) is 18.3 Å². The fraction of sp³-hybridized carbons (Fsp3) is 0.0833. The van der Waals surface area contributed by atoms with Crippen LogP contribution in [0.4, 0.5) is 0 Å². The van der Waals surface area contributed by atoms with Gasteiger partial charge in [0.05, 0.1) is 17.2 Å². The zero-order valence-corrected chi connectivity index (χ0v) is 15.4. The third kappa shape index (κ3) is 4.66. The molecule has 0 bridgehead atoms. The predicted molar refractivity (Wildman–Crippen MR) is 109 cm³/mol. The Bertz CT molecular complexity index is 1040. The van der Waals surface area contributed by atoms with Gasteiger partial charge in [-0.15, -0.1) is 0 Å². The van der Waals surface area contributed by atoms with E-state index in [1.165, 1.54) is 0 Å². The first-order valence-corrected chi connectivity index (χ1v) is 8.80. The van der Waals surface area contributed by atoms with E-state index < -0.39 is 5.97 Å². The average Bonchev–Trinajstić information content (AvgIpc) is 2.72. The number of ether oxygens (including phenoxy) is 1. The lowest BCUT2D eigenvalue weighted by Crippen LogP contribution is -1.99. The summed E-state index contributed by atoms with van der Waals surface area (Å²) in [5, 5.41) is 18.5. The van der Waals surface area contributed by atoms with Crippen molar-refractivity contribution in [3.05, 3.63) is 101 Å². The van der Waals surface area contributed by atoms with Crippen molar-refractivity contribution in [1.29, 1.82) is 5.26 Å². The summed E-state index contributed by atoms with van der Waals surface area (Å²) >= 11 is 0. The molecule has 138 valence electrons. The van der Waals surface area contributed by atoms with Gasteiger partial charge in [0.25, 0.3) is 0 Å². The number of carbonyl (C=O) groups is 1. The van der Waals surface area contributed by atoms with Crippen LogP contribution in [0.2, 0.25) is 0 Å². The van der Waals surface area contributed by atoms with Crippen LogP contribution >= 0.6 is 0 Å². The van der Waals surface area contributed by atoms with Gasteiger partial charge in [-0.25, -0.2) is 4.79 Å². The second-order valence-corrected chi connectivity index (χ2v) is 6.36. The molecule has 0 saturated heterocycles. The van der Waals surface area contributed by atoms with Crippen molar-refractivity contribution in [3.8, 4) is 11.8 Å². The highest BCUT2D eigenvalue weighted by molar-refractivity contribution is 5.90. The van der Waals surface area contributed by atoms with Gasteiger partial charge in [-0.2, -0.15) is 5.26 Å². The van der Waals surface area contributed by atoms with Gasteiger partial charge in [-0.1, -0.05) is 60.2 Å². The van der Waals surface area contributed by atoms with Crippen molar-refractivity contribution in [2.75, 3.05) is 0 Å². The van der Waals surface area contributed by atoms with E-state index in [-0.39, 0.29) is 5.56 Å². The summed E-state index contributed by atoms with van der Waals surface area (Å²) in [6, 6.07) is 24.1. The molecule has 0 aliphatic heterocycles. The maximum absolute atomic E-state index is 10.9. The van der Waals surface area contributed by atoms with Crippen LogP contribution in [-0.2, 0) is 6.61 Å². The smallest absolute Gasteiger partial charge is 0.335 e. The molecule has 4 heteroatoms. The molecule has 0 aromatic heterocycles. The maximum Gasteiger partial charge on any atom is 0.335 e. The SMILES string of the molecule is Cc1ccc(/C(C#N)=C/c2ccccc2OCc2ccc(C(=O)O)cc2)cc1. The molecule has 0 aliphatic rings. The average molecular weight is 369 g/mol. The molecule has 0 amide bonds. The Morgan fingerprint density at radius 1 is 1.00 bits per heavy atom. The molecule has 0 heterocycles. The minimum absolute atomic E-state index is 0.240. The van der Waals surface area contributed by atoms with Crippen LogP contribution in [-0.4, -0.2) is 11.1 Å². The molecule has 0 spiro atoms. The van der Waals surface area contributed by atoms with Gasteiger partial charge in [0.2, 0.25) is 0 Å². The minimum atomic E-state index is -0.955. The molecule has 0 atom stereocenters. The number of hydrogen-bond donors (Lipinski definition) is 1. The van der Waals surface area contributed by atoms with E-state index in [0.717, 1.165) is 22.3 Å². The van der Waals surface area contributed by atoms with Gasteiger partial charge in [-0.3, -0.25) is 0 Å². The summed E-state index contributed by atoms with van der Waals surface area (Å²) in [6.45, 7) is 2.31. The summed E-state index contributed by atoms with van der Waals surface area (Å²) < 4.78 is 5.92. The molecular weight excluding hydrogens is 350 g/mol. The monoisotopic (exact) mass is 369 g/mol. The molecule has 4 nitrogen and oxygen atoms in total. The molecule has 0 aliphatic carbocycles. The van der Waals surface area contributed by atoms with E-state index in [2.05, 4.69) is 6.07 Å². The van der Waals surface area contributed by atoms with E-state index in [0.29, 0.717) is 17.9 Å². The Labute approximate surface area is 164 Å². The number of nitrogens with zero attached hydrogens (tertiary/aromatic N) is 1. The van der Waals surface area contributed by atoms with E-state index in [1.807, 2.05) is 61.5 Å². The number of carboxylic acids is 1. The first kappa shape index (κ1) is 18.9. The van der Waals surface area contributed by atoms with Crippen molar-refractivity contribution in [2.45, 2.75) is 13.5 Å². The molecule has 0 unspecified atom stereocenters. The molecule has 0 fully saturated rings. The van der Waals surface area contributed by atoms with Gasteiger partial charge in [-0.05, 0) is 42.3 Å². The molecule has 1 N–H and O–H groups in total.